The van der Waals surface area contributed by atoms with Crippen LogP contribution >= 0.6 is 0 Å². The van der Waals surface area contributed by atoms with Crippen molar-refractivity contribution in [2.45, 2.75) is 19.4 Å². The molecule has 0 unspecified atom stereocenters. The van der Waals surface area contributed by atoms with E-state index < -0.39 is 0 Å². The van der Waals surface area contributed by atoms with E-state index in [1.54, 1.807) is 21.3 Å². The normalized spacial score (nSPS) is 11.5. The zero-order chi connectivity index (χ0) is 21.9. The number of hydrogen-bond acceptors (Lipinski definition) is 4. The summed E-state index contributed by atoms with van der Waals surface area (Å²) in [4.78, 5) is 7.72. The summed E-state index contributed by atoms with van der Waals surface area (Å²) >= 11 is 0. The molecule has 0 aliphatic rings. The van der Waals surface area contributed by atoms with Gasteiger partial charge in [-0.1, -0.05) is 30.3 Å². The van der Waals surface area contributed by atoms with Crippen LogP contribution in [0.3, 0.4) is 0 Å². The number of nitrogens with one attached hydrogen (secondary N) is 3. The SMILES string of the molecule is CN=C(NCCCc1cc2c(OC)cc(OC)cc2[nH]1)NCCOCc1ccccc1. The van der Waals surface area contributed by atoms with Gasteiger partial charge >= 0.3 is 0 Å². The van der Waals surface area contributed by atoms with Gasteiger partial charge in [0.25, 0.3) is 0 Å². The molecule has 3 rings (SSSR count). The molecule has 7 nitrogen and oxygen atoms in total. The summed E-state index contributed by atoms with van der Waals surface area (Å²) in [7, 11) is 5.11. The molecule has 166 valence electrons. The summed E-state index contributed by atoms with van der Waals surface area (Å²) in [5.74, 6) is 2.38. The number of rotatable bonds is 11. The van der Waals surface area contributed by atoms with Crippen molar-refractivity contribution >= 4 is 16.9 Å². The lowest BCUT2D eigenvalue weighted by atomic mass is 10.2. The Labute approximate surface area is 183 Å². The lowest BCUT2D eigenvalue weighted by molar-refractivity contribution is 0.125. The van der Waals surface area contributed by atoms with E-state index in [2.05, 4.69) is 38.8 Å². The number of aryl methyl sites for hydroxylation is 1. The Morgan fingerprint density at radius 3 is 2.55 bits per heavy atom. The highest BCUT2D eigenvalue weighted by Crippen LogP contribution is 2.31. The minimum atomic E-state index is 0.621. The average Bonchev–Trinajstić information content (AvgIpc) is 3.23. The van der Waals surface area contributed by atoms with Gasteiger partial charge in [-0.2, -0.15) is 0 Å². The zero-order valence-electron chi connectivity index (χ0n) is 18.5. The second-order valence-electron chi connectivity index (χ2n) is 7.15. The van der Waals surface area contributed by atoms with Crippen LogP contribution in [0.2, 0.25) is 0 Å². The van der Waals surface area contributed by atoms with Crippen molar-refractivity contribution in [3.63, 3.8) is 0 Å². The maximum atomic E-state index is 5.69. The van der Waals surface area contributed by atoms with Gasteiger partial charge in [0.15, 0.2) is 5.96 Å². The van der Waals surface area contributed by atoms with E-state index in [1.165, 1.54) is 11.3 Å². The Morgan fingerprint density at radius 2 is 1.81 bits per heavy atom. The third kappa shape index (κ3) is 6.65. The van der Waals surface area contributed by atoms with Gasteiger partial charge in [0.05, 0.1) is 33.0 Å². The fourth-order valence-corrected chi connectivity index (χ4v) is 3.37. The van der Waals surface area contributed by atoms with Crippen molar-refractivity contribution in [3.8, 4) is 11.5 Å². The molecule has 1 aromatic heterocycles. The molecule has 0 atom stereocenters. The quantitative estimate of drug-likeness (QED) is 0.249. The number of nitrogens with zero attached hydrogens (tertiary/aromatic N) is 1. The van der Waals surface area contributed by atoms with Crippen LogP contribution in [-0.2, 0) is 17.8 Å². The van der Waals surface area contributed by atoms with Gasteiger partial charge in [0, 0.05) is 43.4 Å². The van der Waals surface area contributed by atoms with Crippen LogP contribution in [0.5, 0.6) is 11.5 Å². The molecule has 31 heavy (non-hydrogen) atoms. The highest BCUT2D eigenvalue weighted by molar-refractivity contribution is 5.88. The molecule has 0 saturated heterocycles. The molecule has 0 spiro atoms. The van der Waals surface area contributed by atoms with Crippen LogP contribution in [-0.4, -0.2) is 51.9 Å². The third-order valence-electron chi connectivity index (χ3n) is 4.97. The van der Waals surface area contributed by atoms with Crippen molar-refractivity contribution in [1.29, 1.82) is 0 Å². The fraction of sp³-hybridized carbons (Fsp3) is 0.375. The third-order valence-corrected chi connectivity index (χ3v) is 4.97. The Hall–Kier alpha value is -3.19. The first-order valence-electron chi connectivity index (χ1n) is 10.5. The largest absolute Gasteiger partial charge is 0.497 e. The molecular formula is C24H32N4O3. The summed E-state index contributed by atoms with van der Waals surface area (Å²) in [5.41, 5.74) is 3.37. The van der Waals surface area contributed by atoms with Crippen LogP contribution in [0.1, 0.15) is 17.7 Å². The topological polar surface area (TPSA) is 79.9 Å². The predicted octanol–water partition coefficient (Wildman–Crippen LogP) is 3.50. The van der Waals surface area contributed by atoms with Gasteiger partial charge in [-0.15, -0.1) is 0 Å². The van der Waals surface area contributed by atoms with Gasteiger partial charge in [-0.3, -0.25) is 4.99 Å². The van der Waals surface area contributed by atoms with Crippen molar-refractivity contribution in [2.75, 3.05) is 41.0 Å². The van der Waals surface area contributed by atoms with E-state index in [0.29, 0.717) is 19.8 Å². The number of methoxy groups -OCH3 is 2. The first-order chi connectivity index (χ1) is 15.2. The summed E-state index contributed by atoms with van der Waals surface area (Å²) in [5, 5.41) is 7.70. The fourth-order valence-electron chi connectivity index (χ4n) is 3.37. The van der Waals surface area contributed by atoms with E-state index in [0.717, 1.165) is 47.7 Å². The Balaban J connectivity index is 1.37. The summed E-state index contributed by atoms with van der Waals surface area (Å²) in [6.07, 6.45) is 1.89. The lowest BCUT2D eigenvalue weighted by Gasteiger charge is -2.12. The van der Waals surface area contributed by atoms with Crippen molar-refractivity contribution in [3.05, 3.63) is 59.8 Å². The van der Waals surface area contributed by atoms with E-state index in [9.17, 15) is 0 Å². The molecule has 2 aromatic carbocycles. The maximum Gasteiger partial charge on any atom is 0.191 e. The van der Waals surface area contributed by atoms with Gasteiger partial charge < -0.3 is 29.8 Å². The van der Waals surface area contributed by atoms with Gasteiger partial charge in [0.1, 0.15) is 11.5 Å². The molecular weight excluding hydrogens is 392 g/mol. The maximum absolute atomic E-state index is 5.69. The Kier molecular flexibility index (Phi) is 8.60. The molecule has 0 bridgehead atoms. The molecule has 0 aliphatic carbocycles. The predicted molar refractivity (Wildman–Crippen MR) is 125 cm³/mol. The number of hydrogen-bond donors (Lipinski definition) is 3. The van der Waals surface area contributed by atoms with Crippen LogP contribution in [0.4, 0.5) is 0 Å². The number of ether oxygens (including phenoxy) is 3. The highest BCUT2D eigenvalue weighted by Gasteiger charge is 2.09. The van der Waals surface area contributed by atoms with Crippen LogP contribution in [0.15, 0.2) is 53.5 Å². The lowest BCUT2D eigenvalue weighted by Crippen LogP contribution is -2.39. The molecule has 0 fully saturated rings. The van der Waals surface area contributed by atoms with Crippen LogP contribution < -0.4 is 20.1 Å². The first kappa shape index (κ1) is 22.5. The molecule has 7 heteroatoms. The first-order valence-corrected chi connectivity index (χ1v) is 10.5. The zero-order valence-corrected chi connectivity index (χ0v) is 18.5. The standard InChI is InChI=1S/C24H32N4O3/c1-25-24(27-12-13-31-17-18-8-5-4-6-9-18)26-11-7-10-19-14-21-22(28-19)15-20(29-2)16-23(21)30-3/h4-6,8-9,14-16,28H,7,10-13,17H2,1-3H3,(H2,25,26,27). The number of aliphatic imine (C=N–C) groups is 1. The Morgan fingerprint density at radius 1 is 1.00 bits per heavy atom. The van der Waals surface area contributed by atoms with Crippen molar-refractivity contribution in [2.24, 2.45) is 4.99 Å². The number of fused-ring (bicyclic) bond motifs is 1. The second kappa shape index (κ2) is 11.9. The number of H-pyrrole nitrogens is 1. The van der Waals surface area contributed by atoms with Gasteiger partial charge in [-0.05, 0) is 24.5 Å². The van der Waals surface area contributed by atoms with E-state index in [-0.39, 0.29) is 0 Å². The highest BCUT2D eigenvalue weighted by atomic mass is 16.5. The molecule has 1 heterocycles. The van der Waals surface area contributed by atoms with Gasteiger partial charge in [0.2, 0.25) is 0 Å². The van der Waals surface area contributed by atoms with Crippen LogP contribution in [0.25, 0.3) is 10.9 Å². The minimum Gasteiger partial charge on any atom is -0.497 e. The molecule has 3 N–H and O–H groups in total. The number of guanidine groups is 1. The van der Waals surface area contributed by atoms with Crippen LogP contribution in [0, 0.1) is 0 Å². The summed E-state index contributed by atoms with van der Waals surface area (Å²) in [6, 6.07) is 16.2. The average molecular weight is 425 g/mol. The van der Waals surface area contributed by atoms with Crippen molar-refractivity contribution < 1.29 is 14.2 Å². The Bertz CT molecular complexity index is 970. The number of aromatic nitrogens is 1. The molecule has 0 aliphatic heterocycles. The van der Waals surface area contributed by atoms with Gasteiger partial charge in [-0.25, -0.2) is 0 Å². The minimum absolute atomic E-state index is 0.621. The van der Waals surface area contributed by atoms with E-state index in [1.807, 2.05) is 30.3 Å². The summed E-state index contributed by atoms with van der Waals surface area (Å²) < 4.78 is 16.5. The molecule has 0 radical (unpaired) electrons. The molecule has 3 aromatic rings. The molecule has 0 amide bonds. The summed E-state index contributed by atoms with van der Waals surface area (Å²) in [6.45, 7) is 2.77. The number of benzene rings is 2. The smallest absolute Gasteiger partial charge is 0.191 e. The number of aromatic amines is 1. The van der Waals surface area contributed by atoms with E-state index >= 15 is 0 Å². The van der Waals surface area contributed by atoms with E-state index in [4.69, 9.17) is 14.2 Å². The molecule has 0 saturated carbocycles. The van der Waals surface area contributed by atoms with Crippen molar-refractivity contribution in [1.82, 2.24) is 15.6 Å². The second-order valence-corrected chi connectivity index (χ2v) is 7.15. The monoisotopic (exact) mass is 424 g/mol.